The molecule has 1 fully saturated rings. The average molecular weight is 484 g/mol. The van der Waals surface area contributed by atoms with Crippen LogP contribution >= 0.6 is 12.6 Å². The van der Waals surface area contributed by atoms with E-state index in [1.165, 1.54) is 24.3 Å². The lowest BCUT2D eigenvalue weighted by molar-refractivity contribution is -0.103. The van der Waals surface area contributed by atoms with Crippen molar-refractivity contribution in [2.75, 3.05) is 30.8 Å². The van der Waals surface area contributed by atoms with E-state index in [0.717, 1.165) is 5.75 Å². The Bertz CT molecular complexity index is 1040. The van der Waals surface area contributed by atoms with Gasteiger partial charge in [-0.15, -0.1) is 0 Å². The summed E-state index contributed by atoms with van der Waals surface area (Å²) >= 11 is 3.80. The van der Waals surface area contributed by atoms with Gasteiger partial charge in [0.05, 0.1) is 18.8 Å². The standard InChI is InChI=1S/C17H18N4O6S.C2H7NS/c1-10-7-11(2)19-16(18-10)20-17(23)21-28(24,25)14-6-4-3-5-13(14)15(22)27-12-8-26-9-12;3-1-2-4/h3-7,12H,8-9H2,1-2H3,(H2,18,19,20,21,23);4H,1-3H2. The molecule has 174 valence electrons. The summed E-state index contributed by atoms with van der Waals surface area (Å²) in [6.45, 7) is 4.63. The second-order valence-electron chi connectivity index (χ2n) is 6.61. The summed E-state index contributed by atoms with van der Waals surface area (Å²) in [6, 6.07) is 6.09. The number of carbonyl (C=O) groups is 2. The van der Waals surface area contributed by atoms with E-state index in [0.29, 0.717) is 17.9 Å². The summed E-state index contributed by atoms with van der Waals surface area (Å²) in [5.41, 5.74) is 5.99. The number of aromatic nitrogens is 2. The maximum atomic E-state index is 12.6. The number of carbonyl (C=O) groups excluding carboxylic acids is 2. The number of esters is 1. The third-order valence-corrected chi connectivity index (χ3v) is 5.49. The van der Waals surface area contributed by atoms with Crippen LogP contribution in [0.5, 0.6) is 0 Å². The SMILES string of the molecule is Cc1cc(C)nc(NC(=O)NS(=O)(=O)c2ccccc2C(=O)OC2COC2)n1.NCCS. The van der Waals surface area contributed by atoms with Crippen molar-refractivity contribution in [2.24, 2.45) is 5.73 Å². The number of hydrogen-bond acceptors (Lipinski definition) is 10. The molecule has 1 aliphatic heterocycles. The summed E-state index contributed by atoms with van der Waals surface area (Å²) < 4.78 is 37.2. The fourth-order valence-corrected chi connectivity index (χ4v) is 3.56. The molecule has 4 N–H and O–H groups in total. The van der Waals surface area contributed by atoms with Gasteiger partial charge in [-0.25, -0.2) is 32.7 Å². The summed E-state index contributed by atoms with van der Waals surface area (Å²) in [6.07, 6.45) is -0.416. The first-order chi connectivity index (χ1) is 15.2. The van der Waals surface area contributed by atoms with Crippen molar-refractivity contribution >= 4 is 40.6 Å². The van der Waals surface area contributed by atoms with E-state index in [1.54, 1.807) is 19.9 Å². The van der Waals surface area contributed by atoms with Crippen molar-refractivity contribution in [2.45, 2.75) is 24.8 Å². The molecule has 1 aliphatic rings. The fourth-order valence-electron chi connectivity index (χ4n) is 2.45. The minimum Gasteiger partial charge on any atom is -0.454 e. The number of nitrogens with two attached hydrogens (primary N) is 1. The average Bonchev–Trinajstić information content (AvgIpc) is 2.69. The van der Waals surface area contributed by atoms with Crippen LogP contribution < -0.4 is 15.8 Å². The number of ether oxygens (including phenoxy) is 2. The van der Waals surface area contributed by atoms with Gasteiger partial charge in [-0.3, -0.25) is 5.32 Å². The topological polar surface area (TPSA) is 163 Å². The number of benzene rings is 1. The first kappa shape index (κ1) is 25.5. The number of amides is 2. The smallest absolute Gasteiger partial charge is 0.339 e. The number of aryl methyl sites for hydroxylation is 2. The Morgan fingerprint density at radius 2 is 1.81 bits per heavy atom. The van der Waals surface area contributed by atoms with E-state index in [-0.39, 0.29) is 29.6 Å². The molecule has 1 saturated heterocycles. The van der Waals surface area contributed by atoms with Gasteiger partial charge >= 0.3 is 12.0 Å². The summed E-state index contributed by atoms with van der Waals surface area (Å²) in [7, 11) is -4.35. The van der Waals surface area contributed by atoms with Crippen LogP contribution in [0.3, 0.4) is 0 Å². The number of thiol groups is 1. The lowest BCUT2D eigenvalue weighted by Crippen LogP contribution is -2.39. The van der Waals surface area contributed by atoms with Crippen LogP contribution in [0, 0.1) is 13.8 Å². The molecule has 0 unspecified atom stereocenters. The van der Waals surface area contributed by atoms with Gasteiger partial charge in [0.2, 0.25) is 5.95 Å². The van der Waals surface area contributed by atoms with Gasteiger partial charge in [0, 0.05) is 23.7 Å². The van der Waals surface area contributed by atoms with Gasteiger partial charge in [-0.1, -0.05) is 12.1 Å². The van der Waals surface area contributed by atoms with Crippen LogP contribution in [0.25, 0.3) is 0 Å². The first-order valence-electron chi connectivity index (χ1n) is 9.51. The zero-order valence-electron chi connectivity index (χ0n) is 17.6. The van der Waals surface area contributed by atoms with Crippen molar-refractivity contribution in [3.63, 3.8) is 0 Å². The Morgan fingerprint density at radius 1 is 1.22 bits per heavy atom. The van der Waals surface area contributed by atoms with E-state index in [4.69, 9.17) is 15.2 Å². The lowest BCUT2D eigenvalue weighted by atomic mass is 10.2. The van der Waals surface area contributed by atoms with E-state index in [9.17, 15) is 18.0 Å². The van der Waals surface area contributed by atoms with Gasteiger partial charge in [-0.05, 0) is 32.0 Å². The van der Waals surface area contributed by atoms with Crippen LogP contribution in [0.1, 0.15) is 21.7 Å². The molecule has 2 heterocycles. The number of anilines is 1. The van der Waals surface area contributed by atoms with Crippen LogP contribution in [-0.2, 0) is 19.5 Å². The minimum absolute atomic E-state index is 0.0390. The number of sulfonamides is 1. The molecule has 0 bridgehead atoms. The number of nitrogens with one attached hydrogen (secondary N) is 2. The maximum Gasteiger partial charge on any atom is 0.339 e. The van der Waals surface area contributed by atoms with Gasteiger partial charge in [0.1, 0.15) is 11.0 Å². The minimum atomic E-state index is -4.35. The molecule has 1 aromatic heterocycles. The summed E-state index contributed by atoms with van der Waals surface area (Å²) in [5, 5.41) is 2.26. The van der Waals surface area contributed by atoms with Crippen LogP contribution in [0.4, 0.5) is 10.7 Å². The highest BCUT2D eigenvalue weighted by Crippen LogP contribution is 2.18. The van der Waals surface area contributed by atoms with Crippen molar-refractivity contribution in [1.82, 2.24) is 14.7 Å². The Balaban J connectivity index is 0.000000837. The molecule has 1 aromatic carbocycles. The van der Waals surface area contributed by atoms with Crippen molar-refractivity contribution < 1.29 is 27.5 Å². The molecule has 0 atom stereocenters. The molecule has 2 amide bonds. The van der Waals surface area contributed by atoms with Crippen molar-refractivity contribution in [3.8, 4) is 0 Å². The van der Waals surface area contributed by atoms with Gasteiger partial charge in [0.15, 0.2) is 0 Å². The molecule has 0 radical (unpaired) electrons. The van der Waals surface area contributed by atoms with Gasteiger partial charge in [0.25, 0.3) is 10.0 Å². The van der Waals surface area contributed by atoms with Gasteiger partial charge in [-0.2, -0.15) is 12.6 Å². The van der Waals surface area contributed by atoms with Crippen LogP contribution in [0.2, 0.25) is 0 Å². The zero-order chi connectivity index (χ0) is 23.7. The predicted octanol–water partition coefficient (Wildman–Crippen LogP) is 1.03. The van der Waals surface area contributed by atoms with Crippen molar-refractivity contribution in [3.05, 3.63) is 47.3 Å². The zero-order valence-corrected chi connectivity index (χ0v) is 19.3. The van der Waals surface area contributed by atoms with Crippen LogP contribution in [-0.4, -0.2) is 62.0 Å². The van der Waals surface area contributed by atoms with Crippen molar-refractivity contribution in [1.29, 1.82) is 0 Å². The number of nitrogens with zero attached hydrogens (tertiary/aromatic N) is 2. The normalized spacial score (nSPS) is 13.2. The maximum absolute atomic E-state index is 12.6. The van der Waals surface area contributed by atoms with E-state index < -0.39 is 28.1 Å². The fraction of sp³-hybridized carbons (Fsp3) is 0.368. The van der Waals surface area contributed by atoms with E-state index >= 15 is 0 Å². The highest BCUT2D eigenvalue weighted by Gasteiger charge is 2.29. The molecule has 2 aromatic rings. The second kappa shape index (κ2) is 11.8. The quantitative estimate of drug-likeness (QED) is 0.347. The molecule has 0 spiro atoms. The highest BCUT2D eigenvalue weighted by atomic mass is 32.2. The first-order valence-corrected chi connectivity index (χ1v) is 11.6. The molecule has 3 rings (SSSR count). The molecule has 0 saturated carbocycles. The van der Waals surface area contributed by atoms with E-state index in [1.807, 2.05) is 4.72 Å². The third-order valence-electron chi connectivity index (χ3n) is 3.84. The summed E-state index contributed by atoms with van der Waals surface area (Å²) in [5.74, 6) is -0.0600. The summed E-state index contributed by atoms with van der Waals surface area (Å²) in [4.78, 5) is 32.0. The lowest BCUT2D eigenvalue weighted by Gasteiger charge is -2.25. The highest BCUT2D eigenvalue weighted by molar-refractivity contribution is 7.90. The molecule has 13 heteroatoms. The number of urea groups is 1. The van der Waals surface area contributed by atoms with E-state index in [2.05, 4.69) is 27.9 Å². The largest absolute Gasteiger partial charge is 0.454 e. The molecule has 11 nitrogen and oxygen atoms in total. The monoisotopic (exact) mass is 483 g/mol. The number of hydrogen-bond donors (Lipinski definition) is 4. The second-order valence-corrected chi connectivity index (χ2v) is 8.71. The Labute approximate surface area is 191 Å². The predicted molar refractivity (Wildman–Crippen MR) is 120 cm³/mol. The Hall–Kier alpha value is -2.74. The third kappa shape index (κ3) is 7.44. The van der Waals surface area contributed by atoms with Crippen LogP contribution in [0.15, 0.2) is 35.2 Å². The molecular formula is C19H25N5O6S2. The Kier molecular flexibility index (Phi) is 9.38. The van der Waals surface area contributed by atoms with Gasteiger partial charge < -0.3 is 15.2 Å². The molecular weight excluding hydrogens is 458 g/mol. The number of rotatable bonds is 6. The Morgan fingerprint density at radius 3 is 2.34 bits per heavy atom. The molecule has 32 heavy (non-hydrogen) atoms. The molecule has 0 aliphatic carbocycles.